The van der Waals surface area contributed by atoms with Gasteiger partial charge in [-0.3, -0.25) is 0 Å². The van der Waals surface area contributed by atoms with Gasteiger partial charge in [-0.15, -0.1) is 11.3 Å². The normalized spacial score (nSPS) is 13.1. The van der Waals surface area contributed by atoms with Crippen molar-refractivity contribution in [3.8, 4) is 0 Å². The molecule has 2 rings (SSSR count). The Balaban J connectivity index is 1.95. The summed E-state index contributed by atoms with van der Waals surface area (Å²) in [5.74, 6) is 0. The number of nitrogens with one attached hydrogen (secondary N) is 1. The molecule has 0 aliphatic heterocycles. The van der Waals surface area contributed by atoms with E-state index in [2.05, 4.69) is 48.9 Å². The summed E-state index contributed by atoms with van der Waals surface area (Å²) in [6.45, 7) is 2.25. The van der Waals surface area contributed by atoms with Crippen molar-refractivity contribution in [3.05, 3.63) is 35.2 Å². The van der Waals surface area contributed by atoms with E-state index in [0.29, 0.717) is 6.04 Å². The molecule has 1 N–H and O–H groups in total. The van der Waals surface area contributed by atoms with Gasteiger partial charge in [0.1, 0.15) is 0 Å². The SMILES string of the molecule is CCC(CCCc1csc2ccccc12)NC. The van der Waals surface area contributed by atoms with Crippen LogP contribution in [0.25, 0.3) is 10.1 Å². The van der Waals surface area contributed by atoms with Crippen LogP contribution in [-0.2, 0) is 6.42 Å². The summed E-state index contributed by atoms with van der Waals surface area (Å²) in [5, 5.41) is 7.15. The maximum Gasteiger partial charge on any atom is 0.0345 e. The molecule has 2 aromatic rings. The van der Waals surface area contributed by atoms with Crippen LogP contribution in [0.15, 0.2) is 29.6 Å². The van der Waals surface area contributed by atoms with Crippen LogP contribution in [0.5, 0.6) is 0 Å². The van der Waals surface area contributed by atoms with Gasteiger partial charge in [0.2, 0.25) is 0 Å². The third-order valence-corrected chi connectivity index (χ3v) is 4.47. The number of thiophene rings is 1. The molecule has 0 amide bonds. The average molecular weight is 247 g/mol. The molecule has 1 unspecified atom stereocenters. The molecule has 0 aliphatic carbocycles. The van der Waals surface area contributed by atoms with Gasteiger partial charge < -0.3 is 5.32 Å². The van der Waals surface area contributed by atoms with Gasteiger partial charge in [-0.1, -0.05) is 25.1 Å². The third kappa shape index (κ3) is 3.08. The minimum Gasteiger partial charge on any atom is -0.317 e. The van der Waals surface area contributed by atoms with Crippen molar-refractivity contribution in [1.82, 2.24) is 5.32 Å². The van der Waals surface area contributed by atoms with Crippen LogP contribution in [0.4, 0.5) is 0 Å². The lowest BCUT2D eigenvalue weighted by atomic mass is 10.0. The molecule has 2 heteroatoms. The van der Waals surface area contributed by atoms with E-state index in [4.69, 9.17) is 0 Å². The molecule has 1 aromatic carbocycles. The van der Waals surface area contributed by atoms with Gasteiger partial charge in [-0.2, -0.15) is 0 Å². The number of rotatable bonds is 6. The van der Waals surface area contributed by atoms with Crippen molar-refractivity contribution < 1.29 is 0 Å². The van der Waals surface area contributed by atoms with Crippen molar-refractivity contribution >= 4 is 21.4 Å². The van der Waals surface area contributed by atoms with Crippen molar-refractivity contribution in [3.63, 3.8) is 0 Å². The number of aryl methyl sites for hydroxylation is 1. The van der Waals surface area contributed by atoms with Crippen LogP contribution in [0.1, 0.15) is 31.7 Å². The molecule has 92 valence electrons. The Bertz CT molecular complexity index is 457. The van der Waals surface area contributed by atoms with E-state index in [-0.39, 0.29) is 0 Å². The number of hydrogen-bond acceptors (Lipinski definition) is 2. The van der Waals surface area contributed by atoms with Gasteiger partial charge in [0.05, 0.1) is 0 Å². The van der Waals surface area contributed by atoms with Crippen LogP contribution in [0, 0.1) is 0 Å². The summed E-state index contributed by atoms with van der Waals surface area (Å²) in [5.41, 5.74) is 1.52. The van der Waals surface area contributed by atoms with E-state index in [1.54, 1.807) is 0 Å². The summed E-state index contributed by atoms with van der Waals surface area (Å²) < 4.78 is 1.42. The van der Waals surface area contributed by atoms with Crippen LogP contribution < -0.4 is 5.32 Å². The van der Waals surface area contributed by atoms with Gasteiger partial charge in [0, 0.05) is 10.7 Å². The first-order valence-corrected chi connectivity index (χ1v) is 7.35. The molecular formula is C15H21NS. The standard InChI is InChI=1S/C15H21NS/c1-3-13(16-2)8-6-7-12-11-17-15-10-5-4-9-14(12)15/h4-5,9-11,13,16H,3,6-8H2,1-2H3. The molecule has 1 atom stereocenters. The Kier molecular flexibility index (Phi) is 4.57. The molecule has 0 spiro atoms. The smallest absolute Gasteiger partial charge is 0.0345 e. The summed E-state index contributed by atoms with van der Waals surface area (Å²) in [6, 6.07) is 9.40. The molecule has 0 radical (unpaired) electrons. The zero-order valence-electron chi connectivity index (χ0n) is 10.7. The molecule has 1 aromatic heterocycles. The highest BCUT2D eigenvalue weighted by Gasteiger charge is 2.05. The summed E-state index contributed by atoms with van der Waals surface area (Å²) >= 11 is 1.87. The van der Waals surface area contributed by atoms with E-state index in [0.717, 1.165) is 0 Å². The Morgan fingerprint density at radius 3 is 2.88 bits per heavy atom. The van der Waals surface area contributed by atoms with Gasteiger partial charge in [-0.25, -0.2) is 0 Å². The molecular weight excluding hydrogens is 226 g/mol. The lowest BCUT2D eigenvalue weighted by molar-refractivity contribution is 0.492. The first-order chi connectivity index (χ1) is 8.35. The van der Waals surface area contributed by atoms with E-state index in [1.807, 2.05) is 11.3 Å². The topological polar surface area (TPSA) is 12.0 Å². The Hall–Kier alpha value is -0.860. The molecule has 0 aliphatic rings. The largest absolute Gasteiger partial charge is 0.317 e. The van der Waals surface area contributed by atoms with Gasteiger partial charge in [0.25, 0.3) is 0 Å². The predicted molar refractivity (Wildman–Crippen MR) is 77.9 cm³/mol. The van der Waals surface area contributed by atoms with E-state index in [1.165, 1.54) is 41.3 Å². The third-order valence-electron chi connectivity index (χ3n) is 3.46. The first kappa shape index (κ1) is 12.6. The minimum atomic E-state index is 0.680. The highest BCUT2D eigenvalue weighted by molar-refractivity contribution is 7.17. The fraction of sp³-hybridized carbons (Fsp3) is 0.467. The van der Waals surface area contributed by atoms with Crippen LogP contribution >= 0.6 is 11.3 Å². The molecule has 1 heterocycles. The van der Waals surface area contributed by atoms with Gasteiger partial charge in [0.15, 0.2) is 0 Å². The van der Waals surface area contributed by atoms with E-state index < -0.39 is 0 Å². The Labute approximate surface area is 108 Å². The summed E-state index contributed by atoms with van der Waals surface area (Å²) in [4.78, 5) is 0. The van der Waals surface area contributed by atoms with Crippen molar-refractivity contribution in [2.45, 2.75) is 38.6 Å². The van der Waals surface area contributed by atoms with E-state index in [9.17, 15) is 0 Å². The Morgan fingerprint density at radius 2 is 2.12 bits per heavy atom. The zero-order chi connectivity index (χ0) is 12.1. The van der Waals surface area contributed by atoms with Crippen LogP contribution in [0.2, 0.25) is 0 Å². The molecule has 1 nitrogen and oxygen atoms in total. The molecule has 0 saturated carbocycles. The second-order valence-corrected chi connectivity index (χ2v) is 5.45. The van der Waals surface area contributed by atoms with Gasteiger partial charge in [-0.05, 0) is 55.1 Å². The number of hydrogen-bond donors (Lipinski definition) is 1. The molecule has 0 fully saturated rings. The quantitative estimate of drug-likeness (QED) is 0.806. The van der Waals surface area contributed by atoms with Crippen molar-refractivity contribution in [2.75, 3.05) is 7.05 Å². The second-order valence-electron chi connectivity index (χ2n) is 4.54. The number of benzene rings is 1. The lowest BCUT2D eigenvalue weighted by Gasteiger charge is -2.12. The fourth-order valence-corrected chi connectivity index (χ4v) is 3.32. The summed E-state index contributed by atoms with van der Waals surface area (Å²) in [7, 11) is 2.06. The first-order valence-electron chi connectivity index (χ1n) is 6.47. The highest BCUT2D eigenvalue weighted by Crippen LogP contribution is 2.26. The maximum absolute atomic E-state index is 3.37. The van der Waals surface area contributed by atoms with Crippen molar-refractivity contribution in [1.29, 1.82) is 0 Å². The van der Waals surface area contributed by atoms with E-state index >= 15 is 0 Å². The monoisotopic (exact) mass is 247 g/mol. The average Bonchev–Trinajstić information content (AvgIpc) is 2.78. The lowest BCUT2D eigenvalue weighted by Crippen LogP contribution is -2.23. The summed E-state index contributed by atoms with van der Waals surface area (Å²) in [6.07, 6.45) is 4.99. The second kappa shape index (κ2) is 6.18. The number of fused-ring (bicyclic) bond motifs is 1. The fourth-order valence-electron chi connectivity index (χ4n) is 2.32. The molecule has 0 bridgehead atoms. The molecule has 17 heavy (non-hydrogen) atoms. The van der Waals surface area contributed by atoms with Gasteiger partial charge >= 0.3 is 0 Å². The van der Waals surface area contributed by atoms with Crippen LogP contribution in [0.3, 0.4) is 0 Å². The zero-order valence-corrected chi connectivity index (χ0v) is 11.5. The highest BCUT2D eigenvalue weighted by atomic mass is 32.1. The van der Waals surface area contributed by atoms with Crippen LogP contribution in [-0.4, -0.2) is 13.1 Å². The maximum atomic E-state index is 3.37. The predicted octanol–water partition coefficient (Wildman–Crippen LogP) is 4.22. The Morgan fingerprint density at radius 1 is 1.29 bits per heavy atom. The van der Waals surface area contributed by atoms with Crippen molar-refractivity contribution in [2.24, 2.45) is 0 Å². The minimum absolute atomic E-state index is 0.680. The molecule has 0 saturated heterocycles.